The van der Waals surface area contributed by atoms with Gasteiger partial charge in [0.2, 0.25) is 0 Å². The molecule has 0 aromatic rings. The molecule has 0 saturated carbocycles. The molecule has 0 spiro atoms. The van der Waals surface area contributed by atoms with E-state index in [9.17, 15) is 4.79 Å². The van der Waals surface area contributed by atoms with Crippen molar-refractivity contribution in [2.45, 2.75) is 26.7 Å². The van der Waals surface area contributed by atoms with Crippen LogP contribution in [0.1, 0.15) is 26.7 Å². The van der Waals surface area contributed by atoms with Gasteiger partial charge in [-0.15, -0.1) is 0 Å². The summed E-state index contributed by atoms with van der Waals surface area (Å²) in [4.78, 5) is 10.4. The predicted molar refractivity (Wildman–Crippen MR) is 55.8 cm³/mol. The van der Waals surface area contributed by atoms with Gasteiger partial charge in [0.15, 0.2) is 0 Å². The standard InChI is InChI=1S/C11H18O3/c1-10(7-8-12)6-4-3-5-9-14-11(2)13/h3,5,7,12H,4,6,8-9H2,1-2H3/b5-3?,10-7-. The number of hydrogen-bond donors (Lipinski definition) is 1. The number of aliphatic hydroxyl groups excluding tert-OH is 1. The molecule has 3 heteroatoms. The van der Waals surface area contributed by atoms with Gasteiger partial charge in [-0.3, -0.25) is 4.79 Å². The highest BCUT2D eigenvalue weighted by molar-refractivity contribution is 5.65. The smallest absolute Gasteiger partial charge is 0.302 e. The average molecular weight is 198 g/mol. The second-order valence-electron chi connectivity index (χ2n) is 3.05. The average Bonchev–Trinajstić information content (AvgIpc) is 2.11. The molecule has 0 saturated heterocycles. The summed E-state index contributed by atoms with van der Waals surface area (Å²) in [5.41, 5.74) is 1.17. The van der Waals surface area contributed by atoms with Gasteiger partial charge in [0.1, 0.15) is 6.61 Å². The van der Waals surface area contributed by atoms with Crippen molar-refractivity contribution < 1.29 is 14.6 Å². The number of allylic oxidation sites excluding steroid dienone is 2. The van der Waals surface area contributed by atoms with Gasteiger partial charge in [-0.1, -0.05) is 23.8 Å². The Morgan fingerprint density at radius 2 is 2.07 bits per heavy atom. The molecule has 0 aliphatic heterocycles. The molecule has 0 aromatic heterocycles. The summed E-state index contributed by atoms with van der Waals surface area (Å²) < 4.78 is 4.72. The maximum atomic E-state index is 10.4. The summed E-state index contributed by atoms with van der Waals surface area (Å²) in [5.74, 6) is -0.258. The lowest BCUT2D eigenvalue weighted by atomic mass is 10.1. The Kier molecular flexibility index (Phi) is 7.84. The van der Waals surface area contributed by atoms with E-state index in [0.29, 0.717) is 6.61 Å². The van der Waals surface area contributed by atoms with Crippen molar-refractivity contribution in [3.05, 3.63) is 23.8 Å². The Bertz CT molecular complexity index is 217. The van der Waals surface area contributed by atoms with Crippen LogP contribution in [0.3, 0.4) is 0 Å². The van der Waals surface area contributed by atoms with E-state index in [2.05, 4.69) is 0 Å². The summed E-state index contributed by atoms with van der Waals surface area (Å²) in [6.07, 6.45) is 7.42. The molecule has 0 rings (SSSR count). The Hall–Kier alpha value is -1.09. The van der Waals surface area contributed by atoms with Crippen LogP contribution in [0, 0.1) is 0 Å². The minimum atomic E-state index is -0.258. The lowest BCUT2D eigenvalue weighted by Crippen LogP contribution is -1.97. The molecule has 0 radical (unpaired) electrons. The molecule has 0 fully saturated rings. The fourth-order valence-corrected chi connectivity index (χ4v) is 0.920. The van der Waals surface area contributed by atoms with Gasteiger partial charge in [0.05, 0.1) is 6.61 Å². The van der Waals surface area contributed by atoms with Crippen LogP contribution in [0.4, 0.5) is 0 Å². The van der Waals surface area contributed by atoms with Crippen LogP contribution < -0.4 is 0 Å². The van der Waals surface area contributed by atoms with E-state index in [0.717, 1.165) is 12.8 Å². The summed E-state index contributed by atoms with van der Waals surface area (Å²) in [6.45, 7) is 3.82. The van der Waals surface area contributed by atoms with Crippen molar-refractivity contribution in [1.82, 2.24) is 0 Å². The number of carbonyl (C=O) groups is 1. The Labute approximate surface area is 85.1 Å². The highest BCUT2D eigenvalue weighted by Crippen LogP contribution is 2.03. The second kappa shape index (κ2) is 8.51. The highest BCUT2D eigenvalue weighted by atomic mass is 16.5. The topological polar surface area (TPSA) is 46.5 Å². The normalized spacial score (nSPS) is 12.1. The van der Waals surface area contributed by atoms with Crippen molar-refractivity contribution in [1.29, 1.82) is 0 Å². The second-order valence-corrected chi connectivity index (χ2v) is 3.05. The third kappa shape index (κ3) is 9.00. The van der Waals surface area contributed by atoms with Crippen LogP contribution >= 0.6 is 0 Å². The zero-order valence-corrected chi connectivity index (χ0v) is 8.82. The van der Waals surface area contributed by atoms with Crippen molar-refractivity contribution in [2.75, 3.05) is 13.2 Å². The van der Waals surface area contributed by atoms with Gasteiger partial charge in [0, 0.05) is 6.92 Å². The zero-order valence-electron chi connectivity index (χ0n) is 8.82. The van der Waals surface area contributed by atoms with E-state index in [1.165, 1.54) is 12.5 Å². The van der Waals surface area contributed by atoms with Crippen LogP contribution in [-0.2, 0) is 9.53 Å². The summed E-state index contributed by atoms with van der Waals surface area (Å²) in [5, 5.41) is 8.59. The maximum Gasteiger partial charge on any atom is 0.302 e. The molecule has 1 N–H and O–H groups in total. The number of aliphatic hydroxyl groups is 1. The molecule has 0 heterocycles. The quantitative estimate of drug-likeness (QED) is 0.523. The van der Waals surface area contributed by atoms with E-state index in [1.807, 2.05) is 19.1 Å². The lowest BCUT2D eigenvalue weighted by Gasteiger charge is -1.97. The van der Waals surface area contributed by atoms with Crippen LogP contribution in [0.2, 0.25) is 0 Å². The van der Waals surface area contributed by atoms with Gasteiger partial charge in [0.25, 0.3) is 0 Å². The first-order valence-corrected chi connectivity index (χ1v) is 4.71. The third-order valence-electron chi connectivity index (χ3n) is 1.69. The first-order valence-electron chi connectivity index (χ1n) is 4.71. The van der Waals surface area contributed by atoms with Gasteiger partial charge < -0.3 is 9.84 Å². The van der Waals surface area contributed by atoms with Crippen LogP contribution in [0.15, 0.2) is 23.8 Å². The summed E-state index contributed by atoms with van der Waals surface area (Å²) in [7, 11) is 0. The number of carbonyl (C=O) groups excluding carboxylic acids is 1. The van der Waals surface area contributed by atoms with Crippen molar-refractivity contribution >= 4 is 5.97 Å². The molecular formula is C11H18O3. The minimum Gasteiger partial charge on any atom is -0.462 e. The Morgan fingerprint density at radius 3 is 2.64 bits per heavy atom. The molecule has 80 valence electrons. The van der Waals surface area contributed by atoms with Gasteiger partial charge >= 0.3 is 5.97 Å². The molecule has 0 aliphatic carbocycles. The van der Waals surface area contributed by atoms with E-state index in [4.69, 9.17) is 9.84 Å². The molecule has 14 heavy (non-hydrogen) atoms. The molecular weight excluding hydrogens is 180 g/mol. The fourth-order valence-electron chi connectivity index (χ4n) is 0.920. The summed E-state index contributed by atoms with van der Waals surface area (Å²) >= 11 is 0. The number of hydrogen-bond acceptors (Lipinski definition) is 3. The molecule has 0 bridgehead atoms. The van der Waals surface area contributed by atoms with Crippen LogP contribution in [0.5, 0.6) is 0 Å². The SMILES string of the molecule is CC(=O)OCC=CCC/C(C)=C\CO. The maximum absolute atomic E-state index is 10.4. The monoisotopic (exact) mass is 198 g/mol. The summed E-state index contributed by atoms with van der Waals surface area (Å²) in [6, 6.07) is 0. The van der Waals surface area contributed by atoms with Crippen LogP contribution in [-0.4, -0.2) is 24.3 Å². The van der Waals surface area contributed by atoms with E-state index in [-0.39, 0.29) is 12.6 Å². The fraction of sp³-hybridized carbons (Fsp3) is 0.545. The first-order chi connectivity index (χ1) is 6.66. The predicted octanol–water partition coefficient (Wildman–Crippen LogP) is 1.82. The van der Waals surface area contributed by atoms with E-state index < -0.39 is 0 Å². The van der Waals surface area contributed by atoms with Gasteiger partial charge in [-0.05, 0) is 19.8 Å². The Balaban J connectivity index is 3.44. The van der Waals surface area contributed by atoms with Gasteiger partial charge in [-0.2, -0.15) is 0 Å². The lowest BCUT2D eigenvalue weighted by molar-refractivity contribution is -0.139. The molecule has 3 nitrogen and oxygen atoms in total. The first kappa shape index (κ1) is 12.9. The van der Waals surface area contributed by atoms with Crippen molar-refractivity contribution in [3.8, 4) is 0 Å². The molecule has 0 atom stereocenters. The van der Waals surface area contributed by atoms with E-state index >= 15 is 0 Å². The highest BCUT2D eigenvalue weighted by Gasteiger charge is 1.88. The minimum absolute atomic E-state index is 0.100. The van der Waals surface area contributed by atoms with Gasteiger partial charge in [-0.25, -0.2) is 0 Å². The van der Waals surface area contributed by atoms with Crippen LogP contribution in [0.25, 0.3) is 0 Å². The van der Waals surface area contributed by atoms with Crippen molar-refractivity contribution in [2.24, 2.45) is 0 Å². The third-order valence-corrected chi connectivity index (χ3v) is 1.69. The molecule has 0 amide bonds. The molecule has 0 unspecified atom stereocenters. The Morgan fingerprint density at radius 1 is 1.36 bits per heavy atom. The van der Waals surface area contributed by atoms with Crippen molar-refractivity contribution in [3.63, 3.8) is 0 Å². The zero-order chi connectivity index (χ0) is 10.8. The number of rotatable bonds is 6. The molecule has 0 aliphatic rings. The number of esters is 1. The largest absolute Gasteiger partial charge is 0.462 e. The molecule has 0 aromatic carbocycles. The number of ether oxygens (including phenoxy) is 1. The van der Waals surface area contributed by atoms with E-state index in [1.54, 1.807) is 6.08 Å².